The van der Waals surface area contributed by atoms with Crippen LogP contribution in [-0.4, -0.2) is 22.4 Å². The topological polar surface area (TPSA) is 40.5 Å². The van der Waals surface area contributed by atoms with Crippen LogP contribution in [0.15, 0.2) is 24.3 Å². The fourth-order valence-corrected chi connectivity index (χ4v) is 2.76. The molecular formula is C16H26O2. The van der Waals surface area contributed by atoms with Crippen molar-refractivity contribution in [3.63, 3.8) is 0 Å². The minimum atomic E-state index is -0.380. The number of hydrogen-bond donors (Lipinski definition) is 2. The van der Waals surface area contributed by atoms with E-state index in [0.29, 0.717) is 0 Å². The molecule has 0 spiro atoms. The number of aliphatic hydroxyl groups is 2. The average Bonchev–Trinajstić information content (AvgIpc) is 2.31. The molecule has 0 atom stereocenters. The van der Waals surface area contributed by atoms with Crippen LogP contribution in [0.4, 0.5) is 0 Å². The molecule has 0 radical (unpaired) electrons. The first-order valence-corrected chi connectivity index (χ1v) is 6.49. The highest BCUT2D eigenvalue weighted by Crippen LogP contribution is 2.53. The van der Waals surface area contributed by atoms with Crippen molar-refractivity contribution in [2.75, 3.05) is 0 Å². The predicted molar refractivity (Wildman–Crippen MR) is 75.5 cm³/mol. The van der Waals surface area contributed by atoms with Gasteiger partial charge in [0.15, 0.2) is 0 Å². The molecular weight excluding hydrogens is 224 g/mol. The molecule has 0 heterocycles. The van der Waals surface area contributed by atoms with E-state index in [2.05, 4.69) is 38.1 Å². The van der Waals surface area contributed by atoms with Gasteiger partial charge in [0.2, 0.25) is 0 Å². The van der Waals surface area contributed by atoms with E-state index in [1.54, 1.807) is 0 Å². The lowest BCUT2D eigenvalue weighted by molar-refractivity contribution is -0.247. The van der Waals surface area contributed by atoms with Crippen molar-refractivity contribution in [3.05, 3.63) is 35.4 Å². The monoisotopic (exact) mass is 250 g/mol. The fourth-order valence-electron chi connectivity index (χ4n) is 2.76. The van der Waals surface area contributed by atoms with Crippen LogP contribution in [-0.2, 0) is 0 Å². The molecule has 0 aromatic heterocycles. The molecule has 1 saturated carbocycles. The van der Waals surface area contributed by atoms with Gasteiger partial charge in [-0.05, 0) is 13.8 Å². The fraction of sp³-hybridized carbons (Fsp3) is 0.625. The van der Waals surface area contributed by atoms with Gasteiger partial charge in [-0.1, -0.05) is 63.1 Å². The quantitative estimate of drug-likeness (QED) is 0.743. The number of hydrogen-bond acceptors (Lipinski definition) is 2. The highest BCUT2D eigenvalue weighted by atomic mass is 16.3. The molecule has 1 fully saturated rings. The molecule has 0 amide bonds. The van der Waals surface area contributed by atoms with Gasteiger partial charge in [0, 0.05) is 10.8 Å². The zero-order valence-corrected chi connectivity index (χ0v) is 12.4. The van der Waals surface area contributed by atoms with Crippen LogP contribution < -0.4 is 0 Å². The summed E-state index contributed by atoms with van der Waals surface area (Å²) >= 11 is 0. The van der Waals surface area contributed by atoms with E-state index in [9.17, 15) is 10.2 Å². The zero-order valence-electron chi connectivity index (χ0n) is 12.4. The second-order valence-corrected chi connectivity index (χ2v) is 6.60. The lowest BCUT2D eigenvalue weighted by Gasteiger charge is -2.59. The largest absolute Gasteiger partial charge is 0.392 e. The molecule has 2 N–H and O–H groups in total. The Balaban J connectivity index is 0.000000184. The van der Waals surface area contributed by atoms with E-state index >= 15 is 0 Å². The molecule has 1 aliphatic rings. The Hall–Kier alpha value is -0.860. The summed E-state index contributed by atoms with van der Waals surface area (Å²) in [4.78, 5) is 0. The Labute approximate surface area is 111 Å². The molecule has 1 aliphatic carbocycles. The predicted octanol–water partition coefficient (Wildman–Crippen LogP) is 3.08. The van der Waals surface area contributed by atoms with E-state index < -0.39 is 0 Å². The molecule has 1 aromatic carbocycles. The molecule has 102 valence electrons. The van der Waals surface area contributed by atoms with Crippen LogP contribution in [0, 0.1) is 24.7 Å². The van der Waals surface area contributed by atoms with Crippen molar-refractivity contribution in [1.29, 1.82) is 0 Å². The second kappa shape index (κ2) is 5.02. The summed E-state index contributed by atoms with van der Waals surface area (Å²) in [6.07, 6.45) is -0.759. The van der Waals surface area contributed by atoms with Gasteiger partial charge in [-0.25, -0.2) is 0 Å². The summed E-state index contributed by atoms with van der Waals surface area (Å²) in [5.74, 6) is 0. The molecule has 0 saturated heterocycles. The molecule has 1 aromatic rings. The number of aryl methyl sites for hydroxylation is 2. The maximum atomic E-state index is 9.51. The SMILES string of the molecule is CC1(C)C(O)C(C)(C)C1O.Cc1ccc(C)cc1. The van der Waals surface area contributed by atoms with Gasteiger partial charge in [-0.2, -0.15) is 0 Å². The van der Waals surface area contributed by atoms with E-state index in [4.69, 9.17) is 0 Å². The first kappa shape index (κ1) is 15.2. The first-order chi connectivity index (χ1) is 8.10. The average molecular weight is 250 g/mol. The van der Waals surface area contributed by atoms with Crippen LogP contribution in [0.1, 0.15) is 38.8 Å². The van der Waals surface area contributed by atoms with Crippen LogP contribution in [0.3, 0.4) is 0 Å². The van der Waals surface area contributed by atoms with E-state index in [1.807, 2.05) is 27.7 Å². The Bertz CT molecular complexity index is 339. The molecule has 2 nitrogen and oxygen atoms in total. The highest BCUT2D eigenvalue weighted by molar-refractivity contribution is 5.19. The third-order valence-corrected chi connectivity index (χ3v) is 4.04. The third-order valence-electron chi connectivity index (χ3n) is 4.04. The Morgan fingerprint density at radius 2 is 0.944 bits per heavy atom. The van der Waals surface area contributed by atoms with Gasteiger partial charge in [-0.15, -0.1) is 0 Å². The van der Waals surface area contributed by atoms with Gasteiger partial charge in [0.1, 0.15) is 0 Å². The van der Waals surface area contributed by atoms with Crippen molar-refractivity contribution in [1.82, 2.24) is 0 Å². The Morgan fingerprint density at radius 3 is 1.11 bits per heavy atom. The van der Waals surface area contributed by atoms with Crippen molar-refractivity contribution < 1.29 is 10.2 Å². The van der Waals surface area contributed by atoms with Crippen molar-refractivity contribution >= 4 is 0 Å². The number of benzene rings is 1. The first-order valence-electron chi connectivity index (χ1n) is 6.49. The Morgan fingerprint density at radius 1 is 0.722 bits per heavy atom. The maximum absolute atomic E-state index is 9.51. The summed E-state index contributed by atoms with van der Waals surface area (Å²) in [6.45, 7) is 11.7. The minimum Gasteiger partial charge on any atom is -0.392 e. The van der Waals surface area contributed by atoms with Crippen molar-refractivity contribution in [2.45, 2.75) is 53.8 Å². The normalized spacial score (nSPS) is 27.8. The standard InChI is InChI=1S/C8H16O2.C8H10/c1-7(2)5(9)8(3,4)6(7)10;1-7-3-5-8(2)6-4-7/h5-6,9-10H,1-4H3;3-6H,1-2H3. The molecule has 2 rings (SSSR count). The van der Waals surface area contributed by atoms with Gasteiger partial charge in [0.05, 0.1) is 12.2 Å². The van der Waals surface area contributed by atoms with Gasteiger partial charge < -0.3 is 10.2 Å². The van der Waals surface area contributed by atoms with E-state index in [1.165, 1.54) is 11.1 Å². The van der Waals surface area contributed by atoms with Crippen molar-refractivity contribution in [2.24, 2.45) is 10.8 Å². The van der Waals surface area contributed by atoms with Gasteiger partial charge >= 0.3 is 0 Å². The lowest BCUT2D eigenvalue weighted by atomic mass is 9.51. The Kier molecular flexibility index (Phi) is 4.24. The van der Waals surface area contributed by atoms with Crippen LogP contribution in [0.25, 0.3) is 0 Å². The van der Waals surface area contributed by atoms with Crippen LogP contribution in [0.5, 0.6) is 0 Å². The van der Waals surface area contributed by atoms with E-state index in [-0.39, 0.29) is 23.0 Å². The summed E-state index contributed by atoms with van der Waals surface area (Å²) in [5, 5.41) is 19.0. The van der Waals surface area contributed by atoms with Crippen molar-refractivity contribution in [3.8, 4) is 0 Å². The van der Waals surface area contributed by atoms with Crippen LogP contribution in [0.2, 0.25) is 0 Å². The summed E-state index contributed by atoms with van der Waals surface area (Å²) in [5.41, 5.74) is 2.03. The highest BCUT2D eigenvalue weighted by Gasteiger charge is 2.60. The maximum Gasteiger partial charge on any atom is 0.0691 e. The molecule has 0 unspecified atom stereocenters. The lowest BCUT2D eigenvalue weighted by Crippen LogP contribution is -2.67. The smallest absolute Gasteiger partial charge is 0.0691 e. The number of aliphatic hydroxyl groups excluding tert-OH is 2. The van der Waals surface area contributed by atoms with Gasteiger partial charge in [0.25, 0.3) is 0 Å². The second-order valence-electron chi connectivity index (χ2n) is 6.60. The van der Waals surface area contributed by atoms with Gasteiger partial charge in [-0.3, -0.25) is 0 Å². The molecule has 0 bridgehead atoms. The summed E-state index contributed by atoms with van der Waals surface area (Å²) < 4.78 is 0. The summed E-state index contributed by atoms with van der Waals surface area (Å²) in [7, 11) is 0. The third kappa shape index (κ3) is 2.76. The zero-order chi connectivity index (χ0) is 14.1. The summed E-state index contributed by atoms with van der Waals surface area (Å²) in [6, 6.07) is 8.48. The molecule has 18 heavy (non-hydrogen) atoms. The van der Waals surface area contributed by atoms with Crippen LogP contribution >= 0.6 is 0 Å². The minimum absolute atomic E-state index is 0.316. The molecule has 2 heteroatoms. The number of rotatable bonds is 0. The van der Waals surface area contributed by atoms with E-state index in [0.717, 1.165) is 0 Å². The molecule has 0 aliphatic heterocycles.